The van der Waals surface area contributed by atoms with Crippen LogP contribution in [0.4, 0.5) is 0 Å². The van der Waals surface area contributed by atoms with Crippen LogP contribution < -0.4 is 10.8 Å². The van der Waals surface area contributed by atoms with Crippen molar-refractivity contribution in [2.75, 3.05) is 13.2 Å². The van der Waals surface area contributed by atoms with E-state index in [1.54, 1.807) is 52.0 Å². The molecule has 1 aromatic carbocycles. The molecule has 0 radical (unpaired) electrons. The summed E-state index contributed by atoms with van der Waals surface area (Å²) in [6.07, 6.45) is 0.502. The Hall–Kier alpha value is -1.41. The second-order valence-electron chi connectivity index (χ2n) is 6.49. The third kappa shape index (κ3) is 5.62. The maximum Gasteiger partial charge on any atom is 0.491 e. The van der Waals surface area contributed by atoms with Gasteiger partial charge in [0.25, 0.3) is 5.91 Å². The zero-order chi connectivity index (χ0) is 17.7. The molecule has 6 nitrogen and oxygen atoms in total. The highest BCUT2D eigenvalue weighted by Crippen LogP contribution is 2.25. The molecular formula is C16H26BNO5. The molecule has 0 aliphatic carbocycles. The highest BCUT2D eigenvalue weighted by molar-refractivity contribution is 6.60. The van der Waals surface area contributed by atoms with Crippen molar-refractivity contribution in [3.05, 3.63) is 29.8 Å². The Morgan fingerprint density at radius 1 is 1.22 bits per heavy atom. The Labute approximate surface area is 137 Å². The number of hydrogen-bond acceptors (Lipinski definition) is 5. The van der Waals surface area contributed by atoms with E-state index < -0.39 is 18.3 Å². The van der Waals surface area contributed by atoms with Crippen LogP contribution in [-0.2, 0) is 4.65 Å². The van der Waals surface area contributed by atoms with Crippen LogP contribution in [0.1, 0.15) is 44.5 Å². The van der Waals surface area contributed by atoms with Crippen LogP contribution in [0, 0.1) is 0 Å². The number of amides is 1. The van der Waals surface area contributed by atoms with E-state index in [0.717, 1.165) is 0 Å². The first-order valence-corrected chi connectivity index (χ1v) is 7.66. The third-order valence-electron chi connectivity index (χ3n) is 3.96. The SMILES string of the molecule is CC(C)(O)C(C)(C)OB(O)c1ccc(C(=O)NCCCO)cc1. The smallest absolute Gasteiger partial charge is 0.423 e. The van der Waals surface area contributed by atoms with E-state index in [1.807, 2.05) is 0 Å². The summed E-state index contributed by atoms with van der Waals surface area (Å²) in [5.74, 6) is -0.239. The van der Waals surface area contributed by atoms with Gasteiger partial charge in [0, 0.05) is 18.7 Å². The van der Waals surface area contributed by atoms with Gasteiger partial charge in [0.05, 0.1) is 11.2 Å². The fraction of sp³-hybridized carbons (Fsp3) is 0.562. The molecule has 0 saturated carbocycles. The number of carbonyl (C=O) groups excluding carboxylic acids is 1. The molecule has 1 rings (SSSR count). The summed E-state index contributed by atoms with van der Waals surface area (Å²) in [7, 11) is -1.21. The number of benzene rings is 1. The first-order chi connectivity index (χ1) is 10.6. The van der Waals surface area contributed by atoms with Crippen molar-refractivity contribution in [3.63, 3.8) is 0 Å². The summed E-state index contributed by atoms with van der Waals surface area (Å²) < 4.78 is 5.55. The van der Waals surface area contributed by atoms with Crippen LogP contribution in [0.3, 0.4) is 0 Å². The quantitative estimate of drug-likeness (QED) is 0.400. The van der Waals surface area contributed by atoms with Gasteiger partial charge in [0.15, 0.2) is 0 Å². The lowest BCUT2D eigenvalue weighted by molar-refractivity contribution is -0.0982. The molecule has 0 fully saturated rings. The second kappa shape index (κ2) is 7.92. The lowest BCUT2D eigenvalue weighted by atomic mass is 9.76. The van der Waals surface area contributed by atoms with Crippen LogP contribution >= 0.6 is 0 Å². The third-order valence-corrected chi connectivity index (χ3v) is 3.96. The van der Waals surface area contributed by atoms with E-state index in [4.69, 9.17) is 9.76 Å². The van der Waals surface area contributed by atoms with E-state index in [0.29, 0.717) is 24.0 Å². The lowest BCUT2D eigenvalue weighted by Gasteiger charge is -2.38. The van der Waals surface area contributed by atoms with Gasteiger partial charge in [0.1, 0.15) is 0 Å². The van der Waals surface area contributed by atoms with Crippen molar-refractivity contribution in [1.82, 2.24) is 5.32 Å². The summed E-state index contributed by atoms with van der Waals surface area (Å²) in [5.41, 5.74) is -1.12. The van der Waals surface area contributed by atoms with Gasteiger partial charge in [-0.1, -0.05) is 12.1 Å². The summed E-state index contributed by atoms with van der Waals surface area (Å²) in [5, 5.41) is 31.6. The largest absolute Gasteiger partial charge is 0.491 e. The molecule has 128 valence electrons. The molecule has 0 spiro atoms. The monoisotopic (exact) mass is 323 g/mol. The van der Waals surface area contributed by atoms with Gasteiger partial charge >= 0.3 is 7.12 Å². The summed E-state index contributed by atoms with van der Waals surface area (Å²) in [6, 6.07) is 6.39. The van der Waals surface area contributed by atoms with Gasteiger partial charge in [-0.3, -0.25) is 4.79 Å². The van der Waals surface area contributed by atoms with Gasteiger partial charge < -0.3 is 25.2 Å². The highest BCUT2D eigenvalue weighted by Gasteiger charge is 2.39. The predicted molar refractivity (Wildman–Crippen MR) is 89.5 cm³/mol. The van der Waals surface area contributed by atoms with E-state index in [9.17, 15) is 14.9 Å². The van der Waals surface area contributed by atoms with Crippen LogP contribution in [0.25, 0.3) is 0 Å². The Morgan fingerprint density at radius 3 is 2.26 bits per heavy atom. The zero-order valence-corrected chi connectivity index (χ0v) is 14.2. The fourth-order valence-electron chi connectivity index (χ4n) is 1.67. The molecule has 1 amide bonds. The summed E-state index contributed by atoms with van der Waals surface area (Å²) >= 11 is 0. The highest BCUT2D eigenvalue weighted by atomic mass is 16.5. The topological polar surface area (TPSA) is 99.0 Å². The van der Waals surface area contributed by atoms with Crippen molar-refractivity contribution < 1.29 is 24.7 Å². The van der Waals surface area contributed by atoms with Gasteiger partial charge in [0.2, 0.25) is 0 Å². The van der Waals surface area contributed by atoms with Gasteiger partial charge in [-0.05, 0) is 51.7 Å². The molecular weight excluding hydrogens is 297 g/mol. The first kappa shape index (κ1) is 19.6. The normalized spacial score (nSPS) is 12.1. The van der Waals surface area contributed by atoms with Crippen molar-refractivity contribution >= 4 is 18.5 Å². The molecule has 4 N–H and O–H groups in total. The van der Waals surface area contributed by atoms with E-state index in [-0.39, 0.29) is 12.5 Å². The summed E-state index contributed by atoms with van der Waals surface area (Å²) in [6.45, 7) is 7.04. The first-order valence-electron chi connectivity index (χ1n) is 7.66. The molecule has 0 aromatic heterocycles. The van der Waals surface area contributed by atoms with Crippen LogP contribution in [-0.4, -0.2) is 52.6 Å². The molecule has 0 heterocycles. The molecule has 0 saturated heterocycles. The molecule has 0 bridgehead atoms. The Morgan fingerprint density at radius 2 is 1.78 bits per heavy atom. The molecule has 0 unspecified atom stereocenters. The van der Waals surface area contributed by atoms with Gasteiger partial charge in [-0.2, -0.15) is 0 Å². The van der Waals surface area contributed by atoms with E-state index >= 15 is 0 Å². The minimum Gasteiger partial charge on any atom is -0.423 e. The molecule has 1 aromatic rings. The van der Waals surface area contributed by atoms with Crippen molar-refractivity contribution in [2.45, 2.75) is 45.3 Å². The van der Waals surface area contributed by atoms with Crippen molar-refractivity contribution in [1.29, 1.82) is 0 Å². The minimum absolute atomic E-state index is 0.0275. The van der Waals surface area contributed by atoms with Crippen molar-refractivity contribution in [3.8, 4) is 0 Å². The molecule has 7 heteroatoms. The van der Waals surface area contributed by atoms with Crippen LogP contribution in [0.2, 0.25) is 0 Å². The lowest BCUT2D eigenvalue weighted by Crippen LogP contribution is -2.53. The van der Waals surface area contributed by atoms with E-state index in [1.165, 1.54) is 0 Å². The van der Waals surface area contributed by atoms with Gasteiger partial charge in [-0.15, -0.1) is 0 Å². The number of aliphatic hydroxyl groups is 2. The number of hydrogen-bond donors (Lipinski definition) is 4. The minimum atomic E-state index is -1.21. The predicted octanol–water partition coefficient (Wildman–Crippen LogP) is 0.0524. The average Bonchev–Trinajstić information content (AvgIpc) is 2.46. The average molecular weight is 323 g/mol. The molecule has 23 heavy (non-hydrogen) atoms. The maximum absolute atomic E-state index is 11.8. The Bertz CT molecular complexity index is 510. The second-order valence-corrected chi connectivity index (χ2v) is 6.49. The van der Waals surface area contributed by atoms with E-state index in [2.05, 4.69) is 5.32 Å². The number of aliphatic hydroxyl groups excluding tert-OH is 1. The summed E-state index contributed by atoms with van der Waals surface area (Å²) in [4.78, 5) is 11.8. The Kier molecular flexibility index (Phi) is 6.76. The Balaban J connectivity index is 2.71. The van der Waals surface area contributed by atoms with Crippen LogP contribution in [0.5, 0.6) is 0 Å². The molecule has 0 aliphatic heterocycles. The molecule has 0 atom stereocenters. The number of carbonyl (C=O) groups is 1. The molecule has 0 aliphatic rings. The fourth-order valence-corrected chi connectivity index (χ4v) is 1.67. The zero-order valence-electron chi connectivity index (χ0n) is 14.2. The standard InChI is InChI=1S/C16H26BNO5/c1-15(2,21)16(3,4)23-17(22)13-8-6-12(7-9-13)14(20)18-10-5-11-19/h6-9,19,21-22H,5,10-11H2,1-4H3,(H,18,20). The maximum atomic E-state index is 11.8. The van der Waals surface area contributed by atoms with Crippen LogP contribution in [0.15, 0.2) is 24.3 Å². The number of rotatable bonds is 8. The number of nitrogens with one attached hydrogen (secondary N) is 1. The van der Waals surface area contributed by atoms with Gasteiger partial charge in [-0.25, -0.2) is 0 Å². The van der Waals surface area contributed by atoms with Crippen molar-refractivity contribution in [2.24, 2.45) is 0 Å².